The molecule has 0 aromatic carbocycles. The van der Waals surface area contributed by atoms with Crippen LogP contribution in [0, 0.1) is 0 Å². The molecule has 0 bridgehead atoms. The molecule has 0 rings (SSSR count). The predicted molar refractivity (Wildman–Crippen MR) is 145 cm³/mol. The first-order chi connectivity index (χ1) is 13.5. The Balaban J connectivity index is 3.23. The molecule has 0 aromatic heterocycles. The first kappa shape index (κ1) is 30.8. The molecule has 0 fully saturated rings. The van der Waals surface area contributed by atoms with Gasteiger partial charge in [0.1, 0.15) is 0 Å². The van der Waals surface area contributed by atoms with Crippen molar-refractivity contribution in [3.63, 3.8) is 0 Å². The Kier molecular flexibility index (Phi) is 19.4. The van der Waals surface area contributed by atoms with E-state index in [-0.39, 0.29) is 11.8 Å². The number of hydrogen-bond donors (Lipinski definition) is 2. The Morgan fingerprint density at radius 1 is 0.448 bits per heavy atom. The van der Waals surface area contributed by atoms with Crippen molar-refractivity contribution >= 4 is 107 Å². The van der Waals surface area contributed by atoms with E-state index in [0.29, 0.717) is 0 Å². The van der Waals surface area contributed by atoms with E-state index in [1.54, 1.807) is 0 Å². The molecule has 0 saturated heterocycles. The Bertz CT molecular complexity index is 413. The minimum Gasteiger partial charge on any atom is -0.353 e. The van der Waals surface area contributed by atoms with Crippen LogP contribution in [0.25, 0.3) is 0 Å². The van der Waals surface area contributed by atoms with Gasteiger partial charge in [0, 0.05) is 13.1 Å². The maximum atomic E-state index is 11.6. The number of carbonyl (C=O) groups is 2. The van der Waals surface area contributed by atoms with E-state index in [0.717, 1.165) is 25.9 Å². The molecule has 0 aliphatic heterocycles. The molecular weight excluding hydrogens is 768 g/mol. The highest BCUT2D eigenvalue weighted by Gasteiger charge is 2.28. The second-order valence-electron chi connectivity index (χ2n) is 7.10. The van der Waals surface area contributed by atoms with Crippen LogP contribution in [0.4, 0.5) is 0 Å². The van der Waals surface area contributed by atoms with Gasteiger partial charge in [0.15, 0.2) is 0 Å². The van der Waals surface area contributed by atoms with Crippen molar-refractivity contribution in [2.75, 3.05) is 13.1 Å². The third-order valence-electron chi connectivity index (χ3n) is 4.44. The molecule has 0 spiro atoms. The van der Waals surface area contributed by atoms with E-state index in [4.69, 9.17) is 0 Å². The number of alkyl halides is 6. The Hall–Kier alpha value is 1.82. The van der Waals surface area contributed by atoms with E-state index in [9.17, 15) is 9.59 Å². The van der Waals surface area contributed by atoms with Gasteiger partial charge in [-0.15, -0.1) is 0 Å². The molecule has 0 atom stereocenters. The highest BCUT2D eigenvalue weighted by atomic mass is 80.0. The van der Waals surface area contributed by atoms with Crippen molar-refractivity contribution in [3.05, 3.63) is 0 Å². The summed E-state index contributed by atoms with van der Waals surface area (Å²) in [5, 5.41) is 5.75. The molecule has 0 aliphatic rings. The molecular formula is C19H32Br6N2O2. The minimum absolute atomic E-state index is 0.0979. The molecule has 0 unspecified atom stereocenters. The lowest BCUT2D eigenvalue weighted by atomic mass is 10.0. The summed E-state index contributed by atoms with van der Waals surface area (Å²) < 4.78 is -1.68. The molecule has 172 valence electrons. The standard InChI is InChI=1S/C19H32Br6N2O2/c20-18(21,22)16(28)26-14-12-10-8-6-4-2-1-3-5-7-9-11-13-15-27-17(29)19(23,24)25/h1-15H2,(H,26,28)(H,27,29). The summed E-state index contributed by atoms with van der Waals surface area (Å²) in [6.07, 6.45) is 16.1. The van der Waals surface area contributed by atoms with Crippen molar-refractivity contribution in [2.45, 2.75) is 87.8 Å². The maximum absolute atomic E-state index is 11.6. The van der Waals surface area contributed by atoms with E-state index >= 15 is 0 Å². The number of halogens is 6. The summed E-state index contributed by atoms with van der Waals surface area (Å²) >= 11 is 19.2. The molecule has 2 amide bonds. The summed E-state index contributed by atoms with van der Waals surface area (Å²) in [4.78, 5) is 23.2. The van der Waals surface area contributed by atoms with Crippen LogP contribution in [0.1, 0.15) is 83.5 Å². The van der Waals surface area contributed by atoms with E-state index in [1.807, 2.05) is 0 Å². The second-order valence-corrected chi connectivity index (χ2v) is 20.6. The van der Waals surface area contributed by atoms with Crippen molar-refractivity contribution in [1.82, 2.24) is 10.6 Å². The normalized spacial score (nSPS) is 12.1. The number of hydrogen-bond acceptors (Lipinski definition) is 2. The van der Waals surface area contributed by atoms with Gasteiger partial charge in [-0.25, -0.2) is 0 Å². The monoisotopic (exact) mass is 794 g/mol. The number of carbonyl (C=O) groups excluding carboxylic acids is 2. The fourth-order valence-corrected chi connectivity index (χ4v) is 3.64. The summed E-state index contributed by atoms with van der Waals surface area (Å²) in [6.45, 7) is 1.44. The van der Waals surface area contributed by atoms with Gasteiger partial charge < -0.3 is 10.6 Å². The van der Waals surface area contributed by atoms with Crippen LogP contribution >= 0.6 is 95.6 Å². The van der Waals surface area contributed by atoms with Gasteiger partial charge in [0.25, 0.3) is 11.8 Å². The van der Waals surface area contributed by atoms with Crippen LogP contribution in [-0.2, 0) is 9.59 Å². The highest BCUT2D eigenvalue weighted by Crippen LogP contribution is 2.33. The van der Waals surface area contributed by atoms with Crippen molar-refractivity contribution in [2.24, 2.45) is 0 Å². The number of nitrogens with one attached hydrogen (secondary N) is 2. The topological polar surface area (TPSA) is 58.2 Å². The molecule has 4 nitrogen and oxygen atoms in total. The van der Waals surface area contributed by atoms with Gasteiger partial charge in [-0.2, -0.15) is 0 Å². The fraction of sp³-hybridized carbons (Fsp3) is 0.895. The molecule has 2 N–H and O–H groups in total. The Labute approximate surface area is 226 Å². The summed E-state index contributed by atoms with van der Waals surface area (Å²) in [5.74, 6) is -0.196. The van der Waals surface area contributed by atoms with Crippen molar-refractivity contribution in [1.29, 1.82) is 0 Å². The van der Waals surface area contributed by atoms with Gasteiger partial charge in [0.2, 0.25) is 4.29 Å². The molecule has 0 aromatic rings. The van der Waals surface area contributed by atoms with Gasteiger partial charge in [-0.1, -0.05) is 70.6 Å². The van der Waals surface area contributed by atoms with Crippen LogP contribution in [0.15, 0.2) is 0 Å². The molecule has 0 heterocycles. The van der Waals surface area contributed by atoms with Gasteiger partial charge in [0.05, 0.1) is 0 Å². The Morgan fingerprint density at radius 2 is 0.655 bits per heavy atom. The maximum Gasteiger partial charge on any atom is 0.258 e. The van der Waals surface area contributed by atoms with E-state index in [1.165, 1.54) is 70.6 Å². The number of unbranched alkanes of at least 4 members (excludes halogenated alkanes) is 12. The summed E-state index contributed by atoms with van der Waals surface area (Å²) in [5.41, 5.74) is 0. The third kappa shape index (κ3) is 20.2. The smallest absolute Gasteiger partial charge is 0.258 e. The zero-order chi connectivity index (χ0) is 22.2. The van der Waals surface area contributed by atoms with Crippen molar-refractivity contribution < 1.29 is 9.59 Å². The first-order valence-corrected chi connectivity index (χ1v) is 15.0. The summed E-state index contributed by atoms with van der Waals surface area (Å²) in [6, 6.07) is 0. The summed E-state index contributed by atoms with van der Waals surface area (Å²) in [7, 11) is 0. The van der Waals surface area contributed by atoms with Crippen LogP contribution in [-0.4, -0.2) is 29.2 Å². The van der Waals surface area contributed by atoms with E-state index in [2.05, 4.69) is 106 Å². The lowest BCUT2D eigenvalue weighted by Crippen LogP contribution is -2.34. The van der Waals surface area contributed by atoms with Crippen LogP contribution in [0.3, 0.4) is 0 Å². The van der Waals surface area contributed by atoms with Gasteiger partial charge >= 0.3 is 0 Å². The Morgan fingerprint density at radius 3 is 0.862 bits per heavy atom. The van der Waals surface area contributed by atoms with Gasteiger partial charge in [-0.05, 0) is 108 Å². The fourth-order valence-electron chi connectivity index (χ4n) is 2.80. The lowest BCUT2D eigenvalue weighted by Gasteiger charge is -2.12. The van der Waals surface area contributed by atoms with Gasteiger partial charge in [-0.3, -0.25) is 9.59 Å². The van der Waals surface area contributed by atoms with Crippen LogP contribution in [0.2, 0.25) is 0 Å². The molecule has 0 aliphatic carbocycles. The largest absolute Gasteiger partial charge is 0.353 e. The highest BCUT2D eigenvalue weighted by molar-refractivity contribution is 9.40. The minimum atomic E-state index is -0.841. The second kappa shape index (κ2) is 18.3. The molecule has 29 heavy (non-hydrogen) atoms. The van der Waals surface area contributed by atoms with Crippen LogP contribution in [0.5, 0.6) is 0 Å². The average molecular weight is 800 g/mol. The number of rotatable bonds is 16. The molecule has 10 heteroatoms. The molecule has 0 saturated carbocycles. The molecule has 0 radical (unpaired) electrons. The SMILES string of the molecule is O=C(NCCCCCCCCCCCCCCCNC(=O)C(Br)(Br)Br)C(Br)(Br)Br. The quantitative estimate of drug-likeness (QED) is 0.123. The average Bonchev–Trinajstić information content (AvgIpc) is 2.62. The van der Waals surface area contributed by atoms with Crippen molar-refractivity contribution in [3.8, 4) is 0 Å². The number of amides is 2. The lowest BCUT2D eigenvalue weighted by molar-refractivity contribution is -0.120. The zero-order valence-electron chi connectivity index (χ0n) is 16.7. The van der Waals surface area contributed by atoms with Crippen LogP contribution < -0.4 is 10.6 Å². The first-order valence-electron chi connectivity index (χ1n) is 10.2. The predicted octanol–water partition coefficient (Wildman–Crippen LogP) is 7.97. The third-order valence-corrected chi connectivity index (χ3v) is 6.60. The zero-order valence-corrected chi connectivity index (χ0v) is 26.2. The van der Waals surface area contributed by atoms with E-state index < -0.39 is 4.29 Å².